The first kappa shape index (κ1) is 15.4. The summed E-state index contributed by atoms with van der Waals surface area (Å²) in [5, 5.41) is 0. The van der Waals surface area contributed by atoms with Crippen LogP contribution in [-0.2, 0) is 0 Å². The summed E-state index contributed by atoms with van der Waals surface area (Å²) in [6.07, 6.45) is -4.67. The highest BCUT2D eigenvalue weighted by Gasteiger charge is 2.31. The number of hydrogen-bond acceptors (Lipinski definition) is 1. The maximum atomic E-state index is 12.3. The molecule has 0 amide bonds. The second-order valence-electron chi connectivity index (χ2n) is 5.28. The SMILES string of the molecule is Cc1ccc(-c2c(C)cc(OC(F)(F)F)cc2C)cc1C. The Hall–Kier alpha value is -1.97. The molecule has 0 saturated carbocycles. The smallest absolute Gasteiger partial charge is 0.406 e. The minimum Gasteiger partial charge on any atom is -0.406 e. The zero-order valence-corrected chi connectivity index (χ0v) is 12.4. The molecular weight excluding hydrogens is 277 g/mol. The fourth-order valence-electron chi connectivity index (χ4n) is 2.47. The molecule has 0 aliphatic heterocycles. The van der Waals surface area contributed by atoms with Gasteiger partial charge in [-0.2, -0.15) is 0 Å². The normalized spacial score (nSPS) is 11.6. The van der Waals surface area contributed by atoms with E-state index in [1.54, 1.807) is 13.8 Å². The maximum absolute atomic E-state index is 12.3. The summed E-state index contributed by atoms with van der Waals surface area (Å²) in [5.74, 6) is -0.176. The molecule has 112 valence electrons. The van der Waals surface area contributed by atoms with E-state index in [9.17, 15) is 13.2 Å². The molecule has 1 nitrogen and oxygen atoms in total. The van der Waals surface area contributed by atoms with Gasteiger partial charge in [-0.15, -0.1) is 13.2 Å². The average Bonchev–Trinajstić information content (AvgIpc) is 2.30. The molecule has 0 atom stereocenters. The highest BCUT2D eigenvalue weighted by atomic mass is 19.4. The van der Waals surface area contributed by atoms with E-state index < -0.39 is 6.36 Å². The van der Waals surface area contributed by atoms with Gasteiger partial charge in [-0.3, -0.25) is 0 Å². The van der Waals surface area contributed by atoms with E-state index in [1.165, 1.54) is 17.7 Å². The molecule has 0 bridgehead atoms. The first-order chi connectivity index (χ1) is 9.67. The van der Waals surface area contributed by atoms with Crippen molar-refractivity contribution in [1.82, 2.24) is 0 Å². The van der Waals surface area contributed by atoms with Gasteiger partial charge < -0.3 is 4.74 Å². The molecule has 4 heteroatoms. The molecule has 0 saturated heterocycles. The van der Waals surface area contributed by atoms with Gasteiger partial charge in [0.2, 0.25) is 0 Å². The minimum atomic E-state index is -4.67. The number of hydrogen-bond donors (Lipinski definition) is 0. The third-order valence-corrected chi connectivity index (χ3v) is 3.54. The third-order valence-electron chi connectivity index (χ3n) is 3.54. The van der Waals surface area contributed by atoms with Crippen LogP contribution in [0.3, 0.4) is 0 Å². The van der Waals surface area contributed by atoms with Crippen molar-refractivity contribution < 1.29 is 17.9 Å². The van der Waals surface area contributed by atoms with E-state index >= 15 is 0 Å². The highest BCUT2D eigenvalue weighted by Crippen LogP contribution is 2.33. The minimum absolute atomic E-state index is 0.176. The van der Waals surface area contributed by atoms with E-state index in [-0.39, 0.29) is 5.75 Å². The summed E-state index contributed by atoms with van der Waals surface area (Å²) in [4.78, 5) is 0. The van der Waals surface area contributed by atoms with Gasteiger partial charge in [0.05, 0.1) is 0 Å². The molecule has 2 rings (SSSR count). The van der Waals surface area contributed by atoms with E-state index in [0.717, 1.165) is 27.8 Å². The number of halogens is 3. The number of ether oxygens (including phenoxy) is 1. The van der Waals surface area contributed by atoms with Crippen molar-refractivity contribution >= 4 is 0 Å². The van der Waals surface area contributed by atoms with Crippen molar-refractivity contribution in [3.8, 4) is 16.9 Å². The van der Waals surface area contributed by atoms with Crippen molar-refractivity contribution in [2.75, 3.05) is 0 Å². The second-order valence-corrected chi connectivity index (χ2v) is 5.28. The van der Waals surface area contributed by atoms with E-state index in [4.69, 9.17) is 0 Å². The summed E-state index contributed by atoms with van der Waals surface area (Å²) in [5.41, 5.74) is 5.82. The number of aryl methyl sites for hydroxylation is 4. The van der Waals surface area contributed by atoms with Gasteiger partial charge in [-0.05, 0) is 73.2 Å². The van der Waals surface area contributed by atoms with Crippen LogP contribution in [-0.4, -0.2) is 6.36 Å². The van der Waals surface area contributed by atoms with Gasteiger partial charge in [-0.1, -0.05) is 18.2 Å². The zero-order chi connectivity index (χ0) is 15.8. The molecule has 0 spiro atoms. The van der Waals surface area contributed by atoms with Gasteiger partial charge in [0.15, 0.2) is 0 Å². The standard InChI is InChI=1S/C17H17F3O/c1-10-5-6-14(7-11(10)2)16-12(3)8-15(9-13(16)4)21-17(18,19)20/h5-9H,1-4H3. The Labute approximate surface area is 122 Å². The molecule has 0 unspecified atom stereocenters. The Morgan fingerprint density at radius 2 is 1.33 bits per heavy atom. The molecule has 21 heavy (non-hydrogen) atoms. The van der Waals surface area contributed by atoms with Crippen LogP contribution in [0.25, 0.3) is 11.1 Å². The first-order valence-corrected chi connectivity index (χ1v) is 6.62. The second kappa shape index (κ2) is 5.43. The molecule has 2 aromatic rings. The van der Waals surface area contributed by atoms with Crippen LogP contribution >= 0.6 is 0 Å². The Kier molecular flexibility index (Phi) is 3.99. The lowest BCUT2D eigenvalue weighted by atomic mass is 9.93. The molecule has 0 N–H and O–H groups in total. The van der Waals surface area contributed by atoms with E-state index in [0.29, 0.717) is 0 Å². The van der Waals surface area contributed by atoms with Gasteiger partial charge in [0, 0.05) is 0 Å². The molecule has 0 heterocycles. The molecular formula is C17H17F3O. The van der Waals surface area contributed by atoms with Crippen LogP contribution < -0.4 is 4.74 Å². The van der Waals surface area contributed by atoms with Crippen molar-refractivity contribution in [1.29, 1.82) is 0 Å². The molecule has 2 aromatic carbocycles. The molecule has 0 fully saturated rings. The van der Waals surface area contributed by atoms with Crippen LogP contribution in [0.5, 0.6) is 5.75 Å². The largest absolute Gasteiger partial charge is 0.573 e. The van der Waals surface area contributed by atoms with Crippen molar-refractivity contribution in [3.63, 3.8) is 0 Å². The summed E-state index contributed by atoms with van der Waals surface area (Å²) in [6, 6.07) is 8.90. The Balaban J connectivity index is 2.48. The van der Waals surface area contributed by atoms with Gasteiger partial charge in [0.25, 0.3) is 0 Å². The van der Waals surface area contributed by atoms with Gasteiger partial charge in [0.1, 0.15) is 5.75 Å². The van der Waals surface area contributed by atoms with E-state index in [2.05, 4.69) is 10.8 Å². The Morgan fingerprint density at radius 1 is 0.762 bits per heavy atom. The molecule has 0 aliphatic carbocycles. The predicted octanol–water partition coefficient (Wildman–Crippen LogP) is 5.49. The van der Waals surface area contributed by atoms with Crippen LogP contribution in [0.15, 0.2) is 30.3 Å². The first-order valence-electron chi connectivity index (χ1n) is 6.62. The third kappa shape index (κ3) is 3.57. The fourth-order valence-corrected chi connectivity index (χ4v) is 2.47. The molecule has 0 aromatic heterocycles. The van der Waals surface area contributed by atoms with Gasteiger partial charge in [-0.25, -0.2) is 0 Å². The number of alkyl halides is 3. The summed E-state index contributed by atoms with van der Waals surface area (Å²) >= 11 is 0. The fraction of sp³-hybridized carbons (Fsp3) is 0.294. The van der Waals surface area contributed by atoms with Crippen molar-refractivity contribution in [2.24, 2.45) is 0 Å². The van der Waals surface area contributed by atoms with E-state index in [1.807, 2.05) is 26.0 Å². The lowest BCUT2D eigenvalue weighted by molar-refractivity contribution is -0.274. The van der Waals surface area contributed by atoms with Crippen LogP contribution in [0.4, 0.5) is 13.2 Å². The highest BCUT2D eigenvalue weighted by molar-refractivity contribution is 5.72. The zero-order valence-electron chi connectivity index (χ0n) is 12.4. The van der Waals surface area contributed by atoms with Crippen LogP contribution in [0.1, 0.15) is 22.3 Å². The Morgan fingerprint density at radius 3 is 1.81 bits per heavy atom. The molecule has 0 aliphatic rings. The molecule has 0 radical (unpaired) electrons. The summed E-state index contributed by atoms with van der Waals surface area (Å²) < 4.78 is 40.9. The lowest BCUT2D eigenvalue weighted by Crippen LogP contribution is -2.17. The predicted molar refractivity (Wildman–Crippen MR) is 77.5 cm³/mol. The average molecular weight is 294 g/mol. The van der Waals surface area contributed by atoms with Crippen molar-refractivity contribution in [2.45, 2.75) is 34.1 Å². The number of rotatable bonds is 2. The quantitative estimate of drug-likeness (QED) is 0.712. The monoisotopic (exact) mass is 294 g/mol. The lowest BCUT2D eigenvalue weighted by Gasteiger charge is -2.15. The maximum Gasteiger partial charge on any atom is 0.573 e. The topological polar surface area (TPSA) is 9.23 Å². The number of benzene rings is 2. The van der Waals surface area contributed by atoms with Crippen LogP contribution in [0, 0.1) is 27.7 Å². The summed E-state index contributed by atoms with van der Waals surface area (Å²) in [6.45, 7) is 7.63. The van der Waals surface area contributed by atoms with Crippen LogP contribution in [0.2, 0.25) is 0 Å². The van der Waals surface area contributed by atoms with Crippen molar-refractivity contribution in [3.05, 3.63) is 52.6 Å². The Bertz CT molecular complexity index is 649. The van der Waals surface area contributed by atoms with Gasteiger partial charge >= 0.3 is 6.36 Å². The summed E-state index contributed by atoms with van der Waals surface area (Å²) in [7, 11) is 0.